The first-order valence-electron chi connectivity index (χ1n) is 6.69. The normalized spacial score (nSPS) is 11.2. The van der Waals surface area contributed by atoms with Gasteiger partial charge in [0.25, 0.3) is 0 Å². The number of hydrogen-bond acceptors (Lipinski definition) is 4. The molecule has 0 heterocycles. The molecule has 0 aliphatic carbocycles. The van der Waals surface area contributed by atoms with Crippen LogP contribution in [0.3, 0.4) is 0 Å². The molecule has 5 heteroatoms. The number of hydrogen-bond donors (Lipinski definition) is 0. The third-order valence-corrected chi connectivity index (χ3v) is 2.67. The molecule has 0 saturated heterocycles. The number of rotatable bonds is 8. The Kier molecular flexibility index (Phi) is 7.32. The van der Waals surface area contributed by atoms with Crippen molar-refractivity contribution >= 4 is 11.7 Å². The van der Waals surface area contributed by atoms with Gasteiger partial charge in [-0.1, -0.05) is 24.2 Å². The summed E-state index contributed by atoms with van der Waals surface area (Å²) in [7, 11) is 1.36. The average Bonchev–Trinajstić information content (AvgIpc) is 2.46. The first-order valence-corrected chi connectivity index (χ1v) is 6.69. The number of carbonyl (C=O) groups is 1. The van der Waals surface area contributed by atoms with Crippen LogP contribution >= 0.6 is 0 Å². The van der Waals surface area contributed by atoms with E-state index in [0.29, 0.717) is 31.6 Å². The Morgan fingerprint density at radius 2 is 1.95 bits per heavy atom. The van der Waals surface area contributed by atoms with Crippen molar-refractivity contribution in [2.24, 2.45) is 5.16 Å². The van der Waals surface area contributed by atoms with Gasteiger partial charge in [0.2, 0.25) is 0 Å². The van der Waals surface area contributed by atoms with Crippen molar-refractivity contribution in [3.05, 3.63) is 35.6 Å². The van der Waals surface area contributed by atoms with Crippen LogP contribution in [-0.4, -0.2) is 25.4 Å². The number of ether oxygens (including phenoxy) is 1. The summed E-state index contributed by atoms with van der Waals surface area (Å²) in [4.78, 5) is 16.3. The molecule has 0 bridgehead atoms. The molecule has 0 atom stereocenters. The fourth-order valence-corrected chi connectivity index (χ4v) is 1.60. The number of halogens is 1. The van der Waals surface area contributed by atoms with Crippen LogP contribution in [0.4, 0.5) is 4.39 Å². The van der Waals surface area contributed by atoms with Crippen LogP contribution in [-0.2, 0) is 14.4 Å². The predicted octanol–water partition coefficient (Wildman–Crippen LogP) is 3.30. The van der Waals surface area contributed by atoms with Gasteiger partial charge in [-0.15, -0.1) is 0 Å². The lowest BCUT2D eigenvalue weighted by molar-refractivity contribution is -0.140. The number of benzene rings is 1. The number of oxime groups is 1. The molecule has 1 aromatic carbocycles. The average molecular weight is 281 g/mol. The van der Waals surface area contributed by atoms with E-state index in [0.717, 1.165) is 12.0 Å². The van der Waals surface area contributed by atoms with E-state index in [2.05, 4.69) is 9.89 Å². The molecular formula is C15H20FNO3. The van der Waals surface area contributed by atoms with Crippen LogP contribution in [0.25, 0.3) is 0 Å². The maximum Gasteiger partial charge on any atom is 0.305 e. The SMILES string of the molecule is CCCO/N=C(/CCCC(=O)OC)c1ccc(F)cc1. The fraction of sp³-hybridized carbons (Fsp3) is 0.467. The molecular weight excluding hydrogens is 261 g/mol. The molecule has 0 aliphatic heterocycles. The minimum Gasteiger partial charge on any atom is -0.469 e. The van der Waals surface area contributed by atoms with Crippen molar-refractivity contribution in [3.63, 3.8) is 0 Å². The minimum absolute atomic E-state index is 0.252. The van der Waals surface area contributed by atoms with E-state index in [-0.39, 0.29) is 11.8 Å². The van der Waals surface area contributed by atoms with Crippen LogP contribution < -0.4 is 0 Å². The topological polar surface area (TPSA) is 47.9 Å². The molecule has 0 amide bonds. The van der Waals surface area contributed by atoms with Gasteiger partial charge in [-0.3, -0.25) is 4.79 Å². The smallest absolute Gasteiger partial charge is 0.305 e. The summed E-state index contributed by atoms with van der Waals surface area (Å²) in [6, 6.07) is 6.07. The van der Waals surface area contributed by atoms with Crippen molar-refractivity contribution in [1.29, 1.82) is 0 Å². The van der Waals surface area contributed by atoms with Gasteiger partial charge in [0, 0.05) is 6.42 Å². The molecule has 1 aromatic rings. The van der Waals surface area contributed by atoms with Crippen LogP contribution in [0.5, 0.6) is 0 Å². The lowest BCUT2D eigenvalue weighted by Crippen LogP contribution is -2.06. The second-order valence-electron chi connectivity index (χ2n) is 4.31. The summed E-state index contributed by atoms with van der Waals surface area (Å²) >= 11 is 0. The highest BCUT2D eigenvalue weighted by molar-refractivity contribution is 6.00. The maximum atomic E-state index is 12.9. The standard InChI is InChI=1S/C15H20FNO3/c1-3-11-20-17-14(5-4-6-15(18)19-2)12-7-9-13(16)10-8-12/h7-10H,3-6,11H2,1-2H3/b17-14-. The first kappa shape index (κ1) is 16.1. The van der Waals surface area contributed by atoms with E-state index >= 15 is 0 Å². The molecule has 20 heavy (non-hydrogen) atoms. The number of methoxy groups -OCH3 is 1. The van der Waals surface area contributed by atoms with Crippen molar-refractivity contribution in [2.75, 3.05) is 13.7 Å². The van der Waals surface area contributed by atoms with E-state index in [1.165, 1.54) is 19.2 Å². The molecule has 0 fully saturated rings. The molecule has 0 spiro atoms. The van der Waals surface area contributed by atoms with Gasteiger partial charge in [0.1, 0.15) is 12.4 Å². The molecule has 0 aliphatic rings. The Bertz CT molecular complexity index is 443. The van der Waals surface area contributed by atoms with E-state index < -0.39 is 0 Å². The van der Waals surface area contributed by atoms with Crippen molar-refractivity contribution in [1.82, 2.24) is 0 Å². The predicted molar refractivity (Wildman–Crippen MR) is 75.0 cm³/mol. The van der Waals surface area contributed by atoms with E-state index in [1.54, 1.807) is 12.1 Å². The number of nitrogens with zero attached hydrogens (tertiary/aromatic N) is 1. The second kappa shape index (κ2) is 9.07. The highest BCUT2D eigenvalue weighted by Gasteiger charge is 2.07. The molecule has 0 N–H and O–H groups in total. The van der Waals surface area contributed by atoms with Crippen molar-refractivity contribution in [2.45, 2.75) is 32.6 Å². The van der Waals surface area contributed by atoms with Crippen LogP contribution in [0.2, 0.25) is 0 Å². The number of esters is 1. The zero-order chi connectivity index (χ0) is 14.8. The van der Waals surface area contributed by atoms with Gasteiger partial charge in [-0.05, 0) is 37.0 Å². The molecule has 0 unspecified atom stereocenters. The van der Waals surface area contributed by atoms with Gasteiger partial charge in [-0.2, -0.15) is 0 Å². The summed E-state index contributed by atoms with van der Waals surface area (Å²) in [5.41, 5.74) is 1.51. The number of carbonyl (C=O) groups excluding carboxylic acids is 1. The summed E-state index contributed by atoms with van der Waals surface area (Å²) in [5, 5.41) is 4.08. The van der Waals surface area contributed by atoms with Gasteiger partial charge in [0.15, 0.2) is 0 Å². The largest absolute Gasteiger partial charge is 0.469 e. The van der Waals surface area contributed by atoms with E-state index in [1.807, 2.05) is 6.92 Å². The van der Waals surface area contributed by atoms with E-state index in [4.69, 9.17) is 4.84 Å². The minimum atomic E-state index is -0.294. The van der Waals surface area contributed by atoms with Gasteiger partial charge in [0.05, 0.1) is 12.8 Å². The van der Waals surface area contributed by atoms with Gasteiger partial charge < -0.3 is 9.57 Å². The lowest BCUT2D eigenvalue weighted by atomic mass is 10.0. The van der Waals surface area contributed by atoms with Gasteiger partial charge >= 0.3 is 5.97 Å². The Hall–Kier alpha value is -1.91. The third kappa shape index (κ3) is 5.82. The zero-order valence-corrected chi connectivity index (χ0v) is 11.9. The van der Waals surface area contributed by atoms with Crippen molar-refractivity contribution in [3.8, 4) is 0 Å². The van der Waals surface area contributed by atoms with Crippen LogP contribution in [0.15, 0.2) is 29.4 Å². The Labute approximate surface area is 118 Å². The monoisotopic (exact) mass is 281 g/mol. The second-order valence-corrected chi connectivity index (χ2v) is 4.31. The Morgan fingerprint density at radius 1 is 1.25 bits per heavy atom. The fourth-order valence-electron chi connectivity index (χ4n) is 1.60. The zero-order valence-electron chi connectivity index (χ0n) is 11.9. The Morgan fingerprint density at radius 3 is 2.55 bits per heavy atom. The van der Waals surface area contributed by atoms with Gasteiger partial charge in [-0.25, -0.2) is 4.39 Å². The van der Waals surface area contributed by atoms with E-state index in [9.17, 15) is 9.18 Å². The molecule has 0 radical (unpaired) electrons. The highest BCUT2D eigenvalue weighted by atomic mass is 19.1. The summed E-state index contributed by atoms with van der Waals surface area (Å²) in [5.74, 6) is -0.546. The summed E-state index contributed by atoms with van der Waals surface area (Å²) < 4.78 is 17.5. The Balaban J connectivity index is 2.67. The molecule has 0 aromatic heterocycles. The molecule has 4 nitrogen and oxygen atoms in total. The molecule has 0 saturated carbocycles. The van der Waals surface area contributed by atoms with Crippen molar-refractivity contribution < 1.29 is 18.8 Å². The lowest BCUT2D eigenvalue weighted by Gasteiger charge is -2.07. The summed E-state index contributed by atoms with van der Waals surface area (Å²) in [6.45, 7) is 2.52. The summed E-state index contributed by atoms with van der Waals surface area (Å²) in [6.07, 6.45) is 2.37. The quantitative estimate of drug-likeness (QED) is 0.318. The highest BCUT2D eigenvalue weighted by Crippen LogP contribution is 2.11. The first-order chi connectivity index (χ1) is 9.67. The molecule has 110 valence electrons. The van der Waals surface area contributed by atoms with Crippen LogP contribution in [0, 0.1) is 5.82 Å². The molecule has 1 rings (SSSR count). The third-order valence-electron chi connectivity index (χ3n) is 2.67. The maximum absolute atomic E-state index is 12.9. The van der Waals surface area contributed by atoms with Crippen LogP contribution in [0.1, 0.15) is 38.2 Å².